The van der Waals surface area contributed by atoms with Crippen LogP contribution in [0.5, 0.6) is 0 Å². The number of carbonyl (C=O) groups is 1. The summed E-state index contributed by atoms with van der Waals surface area (Å²) in [4.78, 5) is 13.9. The molecule has 1 aliphatic rings. The van der Waals surface area contributed by atoms with Crippen molar-refractivity contribution in [3.8, 4) is 0 Å². The highest BCUT2D eigenvalue weighted by atomic mass is 79.9. The van der Waals surface area contributed by atoms with Gasteiger partial charge in [0.25, 0.3) is 0 Å². The second kappa shape index (κ2) is 4.78. The first-order valence-electron chi connectivity index (χ1n) is 5.83. The maximum absolute atomic E-state index is 12.1. The lowest BCUT2D eigenvalue weighted by Crippen LogP contribution is -2.35. The number of benzene rings is 1. The first kappa shape index (κ1) is 12.6. The van der Waals surface area contributed by atoms with E-state index < -0.39 is 0 Å². The van der Waals surface area contributed by atoms with Crippen LogP contribution in [-0.4, -0.2) is 18.5 Å². The Balaban J connectivity index is 2.36. The lowest BCUT2D eigenvalue weighted by Gasteiger charge is -2.26. The molecule has 1 heterocycles. The largest absolute Gasteiger partial charge is 0.330 e. The summed E-state index contributed by atoms with van der Waals surface area (Å²) < 4.78 is 1.04. The van der Waals surface area contributed by atoms with Gasteiger partial charge in [-0.25, -0.2) is 0 Å². The number of halogens is 1. The molecule has 2 atom stereocenters. The highest BCUT2D eigenvalue weighted by Gasteiger charge is 2.37. The topological polar surface area (TPSA) is 46.3 Å². The maximum Gasteiger partial charge on any atom is 0.227 e. The van der Waals surface area contributed by atoms with Crippen LogP contribution >= 0.6 is 15.9 Å². The second-order valence-corrected chi connectivity index (χ2v) is 5.55. The smallest absolute Gasteiger partial charge is 0.227 e. The number of nitrogens with two attached hydrogens (primary N) is 1. The molecule has 0 bridgehead atoms. The van der Waals surface area contributed by atoms with E-state index in [1.54, 1.807) is 0 Å². The fraction of sp³-hybridized carbons (Fsp3) is 0.462. The van der Waals surface area contributed by atoms with Crippen molar-refractivity contribution in [1.29, 1.82) is 0 Å². The van der Waals surface area contributed by atoms with Crippen LogP contribution in [0.15, 0.2) is 22.7 Å². The Morgan fingerprint density at radius 2 is 2.24 bits per heavy atom. The second-order valence-electron chi connectivity index (χ2n) is 4.64. The van der Waals surface area contributed by atoms with Crippen molar-refractivity contribution >= 4 is 27.5 Å². The molecule has 1 aromatic carbocycles. The maximum atomic E-state index is 12.1. The molecule has 1 saturated heterocycles. The summed E-state index contributed by atoms with van der Waals surface area (Å²) in [6.07, 6.45) is 0.563. The van der Waals surface area contributed by atoms with Gasteiger partial charge in [0.05, 0.1) is 0 Å². The molecule has 2 unspecified atom stereocenters. The number of nitrogens with zero attached hydrogens (tertiary/aromatic N) is 1. The van der Waals surface area contributed by atoms with Crippen LogP contribution in [0.25, 0.3) is 0 Å². The van der Waals surface area contributed by atoms with Crippen molar-refractivity contribution < 1.29 is 4.79 Å². The molecule has 2 rings (SSSR count). The molecule has 0 saturated carbocycles. The monoisotopic (exact) mass is 296 g/mol. The third-order valence-corrected chi connectivity index (χ3v) is 4.01. The summed E-state index contributed by atoms with van der Waals surface area (Å²) >= 11 is 3.44. The highest BCUT2D eigenvalue weighted by molar-refractivity contribution is 9.10. The van der Waals surface area contributed by atoms with E-state index in [0.717, 1.165) is 15.7 Å². The standard InChI is InChI=1S/C13H17BrN2O/c1-8-5-11(14)3-4-12(8)16-9(2)10(7-15)6-13(16)17/h3-5,9-10H,6-7,15H2,1-2H3. The van der Waals surface area contributed by atoms with Crippen molar-refractivity contribution in [2.45, 2.75) is 26.3 Å². The number of rotatable bonds is 2. The van der Waals surface area contributed by atoms with Gasteiger partial charge in [-0.1, -0.05) is 15.9 Å². The van der Waals surface area contributed by atoms with Gasteiger partial charge >= 0.3 is 0 Å². The normalized spacial score (nSPS) is 24.5. The Morgan fingerprint density at radius 1 is 1.53 bits per heavy atom. The quantitative estimate of drug-likeness (QED) is 0.911. The molecule has 1 aliphatic heterocycles. The van der Waals surface area contributed by atoms with Crippen molar-refractivity contribution in [2.75, 3.05) is 11.4 Å². The average Bonchev–Trinajstić information content (AvgIpc) is 2.55. The van der Waals surface area contributed by atoms with Gasteiger partial charge in [0.1, 0.15) is 0 Å². The summed E-state index contributed by atoms with van der Waals surface area (Å²) in [5.41, 5.74) is 7.81. The van der Waals surface area contributed by atoms with E-state index in [2.05, 4.69) is 22.9 Å². The average molecular weight is 297 g/mol. The Kier molecular flexibility index (Phi) is 3.54. The Hall–Kier alpha value is -0.870. The first-order chi connectivity index (χ1) is 8.04. The Morgan fingerprint density at radius 3 is 2.76 bits per heavy atom. The minimum absolute atomic E-state index is 0.179. The van der Waals surface area contributed by atoms with Gasteiger partial charge in [-0.3, -0.25) is 4.79 Å². The molecular formula is C13H17BrN2O. The predicted molar refractivity (Wildman–Crippen MR) is 73.0 cm³/mol. The molecule has 0 spiro atoms. The molecule has 1 fully saturated rings. The van der Waals surface area contributed by atoms with E-state index in [1.807, 2.05) is 30.0 Å². The number of amides is 1. The van der Waals surface area contributed by atoms with Crippen molar-refractivity contribution in [2.24, 2.45) is 11.7 Å². The van der Waals surface area contributed by atoms with Gasteiger partial charge in [-0.2, -0.15) is 0 Å². The van der Waals surface area contributed by atoms with Gasteiger partial charge in [0, 0.05) is 28.5 Å². The van der Waals surface area contributed by atoms with Crippen LogP contribution in [0, 0.1) is 12.8 Å². The molecule has 92 valence electrons. The molecule has 1 amide bonds. The zero-order valence-corrected chi connectivity index (χ0v) is 11.7. The first-order valence-corrected chi connectivity index (χ1v) is 6.62. The summed E-state index contributed by atoms with van der Waals surface area (Å²) in [6.45, 7) is 4.67. The Bertz CT molecular complexity index is 447. The van der Waals surface area contributed by atoms with E-state index in [9.17, 15) is 4.79 Å². The Labute approximate surface area is 110 Å². The van der Waals surface area contributed by atoms with E-state index in [4.69, 9.17) is 5.73 Å². The van der Waals surface area contributed by atoms with Crippen LogP contribution in [-0.2, 0) is 4.79 Å². The van der Waals surface area contributed by atoms with E-state index in [0.29, 0.717) is 13.0 Å². The highest BCUT2D eigenvalue weighted by Crippen LogP contribution is 2.33. The molecule has 4 heteroatoms. The summed E-state index contributed by atoms with van der Waals surface area (Å²) in [6, 6.07) is 6.18. The third kappa shape index (κ3) is 2.24. The van der Waals surface area contributed by atoms with Gasteiger partial charge in [-0.15, -0.1) is 0 Å². The number of carbonyl (C=O) groups excluding carboxylic acids is 1. The molecule has 3 nitrogen and oxygen atoms in total. The fourth-order valence-electron chi connectivity index (χ4n) is 2.45. The molecule has 0 aliphatic carbocycles. The van der Waals surface area contributed by atoms with E-state index in [-0.39, 0.29) is 17.9 Å². The number of hydrogen-bond donors (Lipinski definition) is 1. The van der Waals surface area contributed by atoms with E-state index in [1.165, 1.54) is 0 Å². The van der Waals surface area contributed by atoms with Gasteiger partial charge in [0.2, 0.25) is 5.91 Å². The molecule has 2 N–H and O–H groups in total. The molecular weight excluding hydrogens is 280 g/mol. The number of anilines is 1. The van der Waals surface area contributed by atoms with E-state index >= 15 is 0 Å². The zero-order valence-electron chi connectivity index (χ0n) is 10.1. The van der Waals surface area contributed by atoms with Crippen LogP contribution in [0.4, 0.5) is 5.69 Å². The third-order valence-electron chi connectivity index (χ3n) is 3.52. The lowest BCUT2D eigenvalue weighted by atomic mass is 10.0. The van der Waals surface area contributed by atoms with Gasteiger partial charge in [-0.05, 0) is 44.2 Å². The van der Waals surface area contributed by atoms with Crippen LogP contribution < -0.4 is 10.6 Å². The summed E-state index contributed by atoms with van der Waals surface area (Å²) in [5.74, 6) is 0.448. The minimum atomic E-state index is 0.179. The summed E-state index contributed by atoms with van der Waals surface area (Å²) in [5, 5.41) is 0. The van der Waals surface area contributed by atoms with Crippen LogP contribution in [0.1, 0.15) is 18.9 Å². The van der Waals surface area contributed by atoms with Crippen LogP contribution in [0.2, 0.25) is 0 Å². The SMILES string of the molecule is Cc1cc(Br)ccc1N1C(=O)CC(CN)C1C. The van der Waals surface area contributed by atoms with Crippen molar-refractivity contribution in [3.05, 3.63) is 28.2 Å². The predicted octanol–water partition coefficient (Wildman–Crippen LogP) is 2.46. The van der Waals surface area contributed by atoms with Gasteiger partial charge < -0.3 is 10.6 Å². The molecule has 0 aromatic heterocycles. The number of hydrogen-bond acceptors (Lipinski definition) is 2. The lowest BCUT2D eigenvalue weighted by molar-refractivity contribution is -0.117. The fourth-order valence-corrected chi connectivity index (χ4v) is 2.93. The molecule has 17 heavy (non-hydrogen) atoms. The van der Waals surface area contributed by atoms with Crippen molar-refractivity contribution in [3.63, 3.8) is 0 Å². The number of aryl methyl sites for hydroxylation is 1. The molecule has 0 radical (unpaired) electrons. The van der Waals surface area contributed by atoms with Crippen LogP contribution in [0.3, 0.4) is 0 Å². The zero-order chi connectivity index (χ0) is 12.6. The van der Waals surface area contributed by atoms with Gasteiger partial charge in [0.15, 0.2) is 0 Å². The minimum Gasteiger partial charge on any atom is -0.330 e. The summed E-state index contributed by atoms with van der Waals surface area (Å²) in [7, 11) is 0. The van der Waals surface area contributed by atoms with Crippen molar-refractivity contribution in [1.82, 2.24) is 0 Å². The molecule has 1 aromatic rings.